The fourth-order valence-corrected chi connectivity index (χ4v) is 2.81. The molecule has 1 aromatic rings. The van der Waals surface area contributed by atoms with Crippen LogP contribution in [0.3, 0.4) is 0 Å². The molecule has 0 aromatic heterocycles. The number of likely N-dealkylation sites (N-methyl/N-ethyl adjacent to an activating group) is 1. The molecule has 2 aliphatic rings. The predicted octanol–water partition coefficient (Wildman–Crippen LogP) is 0.916. The molecule has 1 atom stereocenters. The van der Waals surface area contributed by atoms with E-state index in [1.165, 1.54) is 16.9 Å². The number of amides is 2. The van der Waals surface area contributed by atoms with E-state index in [0.717, 1.165) is 18.7 Å². The van der Waals surface area contributed by atoms with Gasteiger partial charge in [0.2, 0.25) is 11.8 Å². The molecule has 3 rings (SSSR count). The Labute approximate surface area is 118 Å². The molecule has 20 heavy (non-hydrogen) atoms. The highest BCUT2D eigenvalue weighted by Crippen LogP contribution is 2.25. The lowest BCUT2D eigenvalue weighted by Crippen LogP contribution is -2.52. The lowest BCUT2D eigenvalue weighted by molar-refractivity contribution is -0.136. The van der Waals surface area contributed by atoms with Gasteiger partial charge < -0.3 is 15.1 Å². The van der Waals surface area contributed by atoms with E-state index in [4.69, 9.17) is 0 Å². The summed E-state index contributed by atoms with van der Waals surface area (Å²) in [7, 11) is 1.66. The van der Waals surface area contributed by atoms with Crippen LogP contribution in [0.5, 0.6) is 0 Å². The Bertz CT molecular complexity index is 520. The maximum atomic E-state index is 12.0. The SMILES string of the molecule is CN1CC(=O)N(c2ccc(C3CCCN3)cc2)CC1=O. The van der Waals surface area contributed by atoms with E-state index in [1.54, 1.807) is 11.9 Å². The molecule has 1 unspecified atom stereocenters. The number of benzene rings is 1. The topological polar surface area (TPSA) is 52.7 Å². The molecule has 2 heterocycles. The first-order chi connectivity index (χ1) is 9.65. The number of hydrogen-bond acceptors (Lipinski definition) is 3. The predicted molar refractivity (Wildman–Crippen MR) is 76.4 cm³/mol. The van der Waals surface area contributed by atoms with Gasteiger partial charge in [0.25, 0.3) is 0 Å². The number of nitrogens with zero attached hydrogens (tertiary/aromatic N) is 2. The summed E-state index contributed by atoms with van der Waals surface area (Å²) < 4.78 is 0. The van der Waals surface area contributed by atoms with Crippen molar-refractivity contribution < 1.29 is 9.59 Å². The van der Waals surface area contributed by atoms with Gasteiger partial charge in [-0.05, 0) is 37.1 Å². The second-order valence-electron chi connectivity index (χ2n) is 5.47. The van der Waals surface area contributed by atoms with Crippen molar-refractivity contribution in [1.82, 2.24) is 10.2 Å². The Hall–Kier alpha value is -1.88. The molecular formula is C15H19N3O2. The van der Waals surface area contributed by atoms with Crippen LogP contribution < -0.4 is 10.2 Å². The Morgan fingerprint density at radius 1 is 1.10 bits per heavy atom. The quantitative estimate of drug-likeness (QED) is 0.871. The van der Waals surface area contributed by atoms with Crippen LogP contribution >= 0.6 is 0 Å². The van der Waals surface area contributed by atoms with Crippen LogP contribution in [0.15, 0.2) is 24.3 Å². The standard InChI is InChI=1S/C15H19N3O2/c1-17-9-15(20)18(10-14(17)19)12-6-4-11(5-7-12)13-3-2-8-16-13/h4-7,13,16H,2-3,8-10H2,1H3. The molecule has 1 aromatic carbocycles. The fraction of sp³-hybridized carbons (Fsp3) is 0.467. The van der Waals surface area contributed by atoms with E-state index in [-0.39, 0.29) is 24.9 Å². The average Bonchev–Trinajstić information content (AvgIpc) is 2.97. The minimum atomic E-state index is -0.0289. The smallest absolute Gasteiger partial charge is 0.247 e. The zero-order valence-corrected chi connectivity index (χ0v) is 11.6. The lowest BCUT2D eigenvalue weighted by Gasteiger charge is -2.31. The van der Waals surface area contributed by atoms with Crippen molar-refractivity contribution in [3.8, 4) is 0 Å². The van der Waals surface area contributed by atoms with Crippen LogP contribution in [0.1, 0.15) is 24.4 Å². The van der Waals surface area contributed by atoms with Gasteiger partial charge in [0.15, 0.2) is 0 Å². The van der Waals surface area contributed by atoms with Crippen LogP contribution in [0, 0.1) is 0 Å². The minimum absolute atomic E-state index is 0.0221. The van der Waals surface area contributed by atoms with Crippen molar-refractivity contribution in [2.45, 2.75) is 18.9 Å². The monoisotopic (exact) mass is 273 g/mol. The zero-order chi connectivity index (χ0) is 14.1. The highest BCUT2D eigenvalue weighted by atomic mass is 16.2. The summed E-state index contributed by atoms with van der Waals surface area (Å²) in [6.45, 7) is 1.36. The maximum absolute atomic E-state index is 12.0. The molecule has 0 radical (unpaired) electrons. The van der Waals surface area contributed by atoms with Gasteiger partial charge in [-0.2, -0.15) is 0 Å². The van der Waals surface area contributed by atoms with Gasteiger partial charge in [-0.25, -0.2) is 0 Å². The van der Waals surface area contributed by atoms with E-state index in [1.807, 2.05) is 24.3 Å². The molecule has 5 nitrogen and oxygen atoms in total. The van der Waals surface area contributed by atoms with Gasteiger partial charge in [-0.1, -0.05) is 12.1 Å². The van der Waals surface area contributed by atoms with Crippen LogP contribution in [0.2, 0.25) is 0 Å². The number of anilines is 1. The molecule has 2 aliphatic heterocycles. The summed E-state index contributed by atoms with van der Waals surface area (Å²) >= 11 is 0. The maximum Gasteiger partial charge on any atom is 0.247 e. The summed E-state index contributed by atoms with van der Waals surface area (Å²) in [4.78, 5) is 26.8. The number of nitrogens with one attached hydrogen (secondary N) is 1. The van der Waals surface area contributed by atoms with Crippen molar-refractivity contribution in [1.29, 1.82) is 0 Å². The Balaban J connectivity index is 1.77. The molecule has 1 N–H and O–H groups in total. The third-order valence-electron chi connectivity index (χ3n) is 4.06. The molecule has 5 heteroatoms. The van der Waals surface area contributed by atoms with E-state index < -0.39 is 0 Å². The molecular weight excluding hydrogens is 254 g/mol. The van der Waals surface area contributed by atoms with Crippen molar-refractivity contribution in [2.24, 2.45) is 0 Å². The van der Waals surface area contributed by atoms with Crippen LogP contribution in [-0.2, 0) is 9.59 Å². The van der Waals surface area contributed by atoms with Gasteiger partial charge >= 0.3 is 0 Å². The molecule has 0 saturated carbocycles. The van der Waals surface area contributed by atoms with Gasteiger partial charge in [0.1, 0.15) is 6.54 Å². The fourth-order valence-electron chi connectivity index (χ4n) is 2.81. The minimum Gasteiger partial charge on any atom is -0.335 e. The molecule has 0 spiro atoms. The Morgan fingerprint density at radius 3 is 2.50 bits per heavy atom. The number of piperazine rings is 1. The number of rotatable bonds is 2. The van der Waals surface area contributed by atoms with Gasteiger partial charge in [0.05, 0.1) is 6.54 Å². The van der Waals surface area contributed by atoms with E-state index >= 15 is 0 Å². The summed E-state index contributed by atoms with van der Waals surface area (Å²) in [5, 5.41) is 3.45. The normalized spacial score (nSPS) is 23.6. The Kier molecular flexibility index (Phi) is 3.44. The zero-order valence-electron chi connectivity index (χ0n) is 11.6. The van der Waals surface area contributed by atoms with Crippen molar-refractivity contribution in [3.63, 3.8) is 0 Å². The first kappa shape index (κ1) is 13.1. The summed E-state index contributed by atoms with van der Waals surface area (Å²) in [5.74, 6) is -0.0509. The molecule has 2 amide bonds. The van der Waals surface area contributed by atoms with E-state index in [2.05, 4.69) is 5.32 Å². The highest BCUT2D eigenvalue weighted by Gasteiger charge is 2.28. The van der Waals surface area contributed by atoms with Crippen LogP contribution in [-0.4, -0.2) is 43.4 Å². The van der Waals surface area contributed by atoms with Crippen molar-refractivity contribution in [3.05, 3.63) is 29.8 Å². The van der Waals surface area contributed by atoms with E-state index in [9.17, 15) is 9.59 Å². The van der Waals surface area contributed by atoms with Gasteiger partial charge in [-0.3, -0.25) is 9.59 Å². The van der Waals surface area contributed by atoms with Crippen molar-refractivity contribution >= 4 is 17.5 Å². The number of hydrogen-bond donors (Lipinski definition) is 1. The van der Waals surface area contributed by atoms with Crippen molar-refractivity contribution in [2.75, 3.05) is 31.6 Å². The summed E-state index contributed by atoms with van der Waals surface area (Å²) in [6, 6.07) is 8.40. The second kappa shape index (κ2) is 5.25. The molecule has 2 fully saturated rings. The third-order valence-corrected chi connectivity index (χ3v) is 4.06. The number of carbonyl (C=O) groups excluding carboxylic acids is 2. The largest absolute Gasteiger partial charge is 0.335 e. The van der Waals surface area contributed by atoms with Crippen LogP contribution in [0.25, 0.3) is 0 Å². The number of carbonyl (C=O) groups is 2. The molecule has 106 valence electrons. The first-order valence-electron chi connectivity index (χ1n) is 7.03. The van der Waals surface area contributed by atoms with E-state index in [0.29, 0.717) is 6.04 Å². The molecule has 2 saturated heterocycles. The third kappa shape index (κ3) is 2.41. The first-order valence-corrected chi connectivity index (χ1v) is 7.03. The lowest BCUT2D eigenvalue weighted by atomic mass is 10.0. The van der Waals surface area contributed by atoms with Gasteiger partial charge in [0, 0.05) is 18.8 Å². The summed E-state index contributed by atoms with van der Waals surface area (Å²) in [6.07, 6.45) is 2.36. The van der Waals surface area contributed by atoms with Crippen LogP contribution in [0.4, 0.5) is 5.69 Å². The average molecular weight is 273 g/mol. The van der Waals surface area contributed by atoms with Gasteiger partial charge in [-0.15, -0.1) is 0 Å². The molecule has 0 aliphatic carbocycles. The Morgan fingerprint density at radius 2 is 1.85 bits per heavy atom. The molecule has 0 bridgehead atoms. The highest BCUT2D eigenvalue weighted by molar-refractivity contribution is 6.04. The summed E-state index contributed by atoms with van der Waals surface area (Å²) in [5.41, 5.74) is 2.05. The second-order valence-corrected chi connectivity index (χ2v) is 5.47.